The minimum absolute atomic E-state index is 0.223. The van der Waals surface area contributed by atoms with Crippen LogP contribution in [0.1, 0.15) is 35.2 Å². The van der Waals surface area contributed by atoms with Crippen LogP contribution in [0, 0.1) is 5.92 Å². The molecule has 110 valence electrons. The summed E-state index contributed by atoms with van der Waals surface area (Å²) >= 11 is 0. The van der Waals surface area contributed by atoms with Crippen LogP contribution in [0.5, 0.6) is 5.75 Å². The van der Waals surface area contributed by atoms with Gasteiger partial charge >= 0.3 is 0 Å². The van der Waals surface area contributed by atoms with Gasteiger partial charge in [-0.05, 0) is 43.0 Å². The third-order valence-corrected chi connectivity index (χ3v) is 3.85. The monoisotopic (exact) mass is 286 g/mol. The van der Waals surface area contributed by atoms with Crippen LogP contribution < -0.4 is 10.1 Å². The van der Waals surface area contributed by atoms with E-state index < -0.39 is 0 Å². The lowest BCUT2D eigenvalue weighted by atomic mass is 9.88. The van der Waals surface area contributed by atoms with Crippen molar-refractivity contribution in [2.45, 2.75) is 26.2 Å². The van der Waals surface area contributed by atoms with E-state index in [1.165, 1.54) is 0 Å². The SMILES string of the molecule is COc1ccc(NC(=O)c2noc3c2CC(C)CC3)cc1. The Hall–Kier alpha value is -2.30. The maximum absolute atomic E-state index is 12.3. The Morgan fingerprint density at radius 1 is 1.38 bits per heavy atom. The molecule has 1 N–H and O–H groups in total. The van der Waals surface area contributed by atoms with Crippen LogP contribution in [0.25, 0.3) is 0 Å². The molecule has 0 bridgehead atoms. The summed E-state index contributed by atoms with van der Waals surface area (Å²) in [4.78, 5) is 12.3. The smallest absolute Gasteiger partial charge is 0.278 e. The summed E-state index contributed by atoms with van der Waals surface area (Å²) in [7, 11) is 1.61. The molecule has 0 fully saturated rings. The van der Waals surface area contributed by atoms with Crippen LogP contribution in [-0.4, -0.2) is 18.2 Å². The number of carbonyl (C=O) groups excluding carboxylic acids is 1. The van der Waals surface area contributed by atoms with E-state index in [9.17, 15) is 4.79 Å². The van der Waals surface area contributed by atoms with E-state index in [0.717, 1.165) is 36.3 Å². The lowest BCUT2D eigenvalue weighted by Gasteiger charge is -2.16. The third kappa shape index (κ3) is 2.77. The van der Waals surface area contributed by atoms with E-state index in [4.69, 9.17) is 9.26 Å². The molecule has 21 heavy (non-hydrogen) atoms. The molecule has 3 rings (SSSR count). The Kier molecular flexibility index (Phi) is 3.64. The molecular weight excluding hydrogens is 268 g/mol. The zero-order valence-electron chi connectivity index (χ0n) is 12.2. The summed E-state index contributed by atoms with van der Waals surface area (Å²) in [5.41, 5.74) is 2.08. The second kappa shape index (κ2) is 5.60. The molecule has 5 nitrogen and oxygen atoms in total. The second-order valence-corrected chi connectivity index (χ2v) is 5.46. The Balaban J connectivity index is 1.77. The van der Waals surface area contributed by atoms with Gasteiger partial charge in [-0.1, -0.05) is 12.1 Å². The molecule has 0 saturated heterocycles. The standard InChI is InChI=1S/C16H18N2O3/c1-10-3-8-14-13(9-10)15(18-21-14)16(19)17-11-4-6-12(20-2)7-5-11/h4-7,10H,3,8-9H2,1-2H3,(H,17,19). The van der Waals surface area contributed by atoms with Crippen LogP contribution in [0.2, 0.25) is 0 Å². The predicted octanol–water partition coefficient (Wildman–Crippen LogP) is 3.06. The number of carbonyl (C=O) groups is 1. The summed E-state index contributed by atoms with van der Waals surface area (Å²) in [5, 5.41) is 6.79. The molecule has 1 aliphatic carbocycles. The van der Waals surface area contributed by atoms with Crippen molar-refractivity contribution in [3.8, 4) is 5.75 Å². The fraction of sp³-hybridized carbons (Fsp3) is 0.375. The van der Waals surface area contributed by atoms with Gasteiger partial charge in [-0.15, -0.1) is 0 Å². The number of hydrogen-bond acceptors (Lipinski definition) is 4. The summed E-state index contributed by atoms with van der Waals surface area (Å²) in [6, 6.07) is 7.20. The molecule has 1 unspecified atom stereocenters. The van der Waals surface area contributed by atoms with Crippen molar-refractivity contribution < 1.29 is 14.1 Å². The van der Waals surface area contributed by atoms with Crippen molar-refractivity contribution in [3.63, 3.8) is 0 Å². The number of anilines is 1. The van der Waals surface area contributed by atoms with Gasteiger partial charge in [0.25, 0.3) is 5.91 Å². The molecule has 5 heteroatoms. The van der Waals surface area contributed by atoms with Crippen molar-refractivity contribution in [1.29, 1.82) is 0 Å². The van der Waals surface area contributed by atoms with Crippen LogP contribution in [0.15, 0.2) is 28.8 Å². The van der Waals surface area contributed by atoms with E-state index in [2.05, 4.69) is 17.4 Å². The van der Waals surface area contributed by atoms with Gasteiger partial charge in [-0.25, -0.2) is 0 Å². The average molecular weight is 286 g/mol. The number of nitrogens with zero attached hydrogens (tertiary/aromatic N) is 1. The highest BCUT2D eigenvalue weighted by molar-refractivity contribution is 6.04. The predicted molar refractivity (Wildman–Crippen MR) is 78.6 cm³/mol. The maximum Gasteiger partial charge on any atom is 0.278 e. The Morgan fingerprint density at radius 2 is 2.14 bits per heavy atom. The zero-order valence-corrected chi connectivity index (χ0v) is 12.2. The minimum Gasteiger partial charge on any atom is -0.497 e. The van der Waals surface area contributed by atoms with Gasteiger partial charge in [-0.3, -0.25) is 4.79 Å². The second-order valence-electron chi connectivity index (χ2n) is 5.46. The number of nitrogens with one attached hydrogen (secondary N) is 1. The molecule has 1 amide bonds. The first-order chi connectivity index (χ1) is 10.2. The van der Waals surface area contributed by atoms with Crippen LogP contribution in [0.3, 0.4) is 0 Å². The van der Waals surface area contributed by atoms with Gasteiger partial charge in [0.05, 0.1) is 7.11 Å². The molecule has 0 spiro atoms. The number of rotatable bonds is 3. The van der Waals surface area contributed by atoms with Gasteiger partial charge in [0.1, 0.15) is 11.5 Å². The quantitative estimate of drug-likeness (QED) is 0.941. The number of methoxy groups -OCH3 is 1. The van der Waals surface area contributed by atoms with E-state index in [1.807, 2.05) is 0 Å². The first kappa shape index (κ1) is 13.7. The zero-order chi connectivity index (χ0) is 14.8. The van der Waals surface area contributed by atoms with Crippen molar-refractivity contribution in [1.82, 2.24) is 5.16 Å². The van der Waals surface area contributed by atoms with Gasteiger partial charge in [0.2, 0.25) is 0 Å². The Labute approximate surface area is 123 Å². The molecule has 1 atom stereocenters. The molecule has 0 aliphatic heterocycles. The fourth-order valence-electron chi connectivity index (χ4n) is 2.62. The number of hydrogen-bond donors (Lipinski definition) is 1. The number of aromatic nitrogens is 1. The first-order valence-corrected chi connectivity index (χ1v) is 7.10. The molecule has 0 radical (unpaired) electrons. The lowest BCUT2D eigenvalue weighted by Crippen LogP contribution is -2.17. The summed E-state index contributed by atoms with van der Waals surface area (Å²) in [6.07, 6.45) is 2.80. The molecule has 1 aromatic carbocycles. The third-order valence-electron chi connectivity index (χ3n) is 3.85. The van der Waals surface area contributed by atoms with Gasteiger partial charge in [0, 0.05) is 17.7 Å². The Morgan fingerprint density at radius 3 is 2.86 bits per heavy atom. The Bertz CT molecular complexity index is 646. The highest BCUT2D eigenvalue weighted by Crippen LogP contribution is 2.28. The minimum atomic E-state index is -0.223. The van der Waals surface area contributed by atoms with E-state index >= 15 is 0 Å². The first-order valence-electron chi connectivity index (χ1n) is 7.10. The van der Waals surface area contributed by atoms with Gasteiger partial charge in [-0.2, -0.15) is 0 Å². The van der Waals surface area contributed by atoms with Crippen molar-refractivity contribution in [3.05, 3.63) is 41.3 Å². The molecule has 1 heterocycles. The average Bonchev–Trinajstić information content (AvgIpc) is 2.91. The molecule has 1 aliphatic rings. The number of aryl methyl sites for hydroxylation is 1. The van der Waals surface area contributed by atoms with Gasteiger partial charge < -0.3 is 14.6 Å². The fourth-order valence-corrected chi connectivity index (χ4v) is 2.62. The topological polar surface area (TPSA) is 64.4 Å². The summed E-state index contributed by atoms with van der Waals surface area (Å²) in [6.45, 7) is 2.18. The summed E-state index contributed by atoms with van der Waals surface area (Å²) in [5.74, 6) is 1.94. The summed E-state index contributed by atoms with van der Waals surface area (Å²) < 4.78 is 10.4. The molecule has 0 saturated carbocycles. The van der Waals surface area contributed by atoms with Crippen LogP contribution >= 0.6 is 0 Å². The number of ether oxygens (including phenoxy) is 1. The lowest BCUT2D eigenvalue weighted by molar-refractivity contribution is 0.101. The van der Waals surface area contributed by atoms with Crippen LogP contribution in [-0.2, 0) is 12.8 Å². The van der Waals surface area contributed by atoms with Crippen molar-refractivity contribution in [2.24, 2.45) is 5.92 Å². The number of benzene rings is 1. The van der Waals surface area contributed by atoms with Gasteiger partial charge in [0.15, 0.2) is 5.69 Å². The maximum atomic E-state index is 12.3. The van der Waals surface area contributed by atoms with E-state index in [1.54, 1.807) is 31.4 Å². The molecule has 1 aromatic heterocycles. The van der Waals surface area contributed by atoms with Crippen molar-refractivity contribution in [2.75, 3.05) is 12.4 Å². The number of fused-ring (bicyclic) bond motifs is 1. The number of amides is 1. The van der Waals surface area contributed by atoms with Crippen molar-refractivity contribution >= 4 is 11.6 Å². The highest BCUT2D eigenvalue weighted by atomic mass is 16.5. The molecule has 2 aromatic rings. The van der Waals surface area contributed by atoms with E-state index in [-0.39, 0.29) is 5.91 Å². The largest absolute Gasteiger partial charge is 0.497 e. The highest BCUT2D eigenvalue weighted by Gasteiger charge is 2.26. The molecular formula is C16H18N2O3. The van der Waals surface area contributed by atoms with Crippen LogP contribution in [0.4, 0.5) is 5.69 Å². The normalized spacial score (nSPS) is 17.1. The van der Waals surface area contributed by atoms with E-state index in [0.29, 0.717) is 17.3 Å².